The molecule has 2 aliphatic heterocycles. The number of nitrogens with one attached hydrogen (secondary N) is 1. The van der Waals surface area contributed by atoms with Gasteiger partial charge in [0.2, 0.25) is 0 Å². The largest absolute Gasteiger partial charge is 0.480 e. The first-order valence-corrected chi connectivity index (χ1v) is 8.56. The van der Waals surface area contributed by atoms with E-state index in [1.165, 1.54) is 0 Å². The van der Waals surface area contributed by atoms with Gasteiger partial charge >= 0.3 is 0 Å². The van der Waals surface area contributed by atoms with Crippen molar-refractivity contribution in [2.24, 2.45) is 0 Å². The van der Waals surface area contributed by atoms with Gasteiger partial charge in [-0.2, -0.15) is 0 Å². The molecule has 25 heavy (non-hydrogen) atoms. The van der Waals surface area contributed by atoms with Crippen LogP contribution in [0.5, 0.6) is 5.75 Å². The van der Waals surface area contributed by atoms with Gasteiger partial charge in [0.25, 0.3) is 5.91 Å². The number of hydrogen-bond donors (Lipinski definition) is 1. The highest BCUT2D eigenvalue weighted by atomic mass is 35.5. The lowest BCUT2D eigenvalue weighted by Crippen LogP contribution is -2.44. The van der Waals surface area contributed by atoms with E-state index in [-0.39, 0.29) is 24.7 Å². The van der Waals surface area contributed by atoms with Crippen LogP contribution in [-0.2, 0) is 9.53 Å². The summed E-state index contributed by atoms with van der Waals surface area (Å²) in [6, 6.07) is 11.4. The molecule has 0 aliphatic carbocycles. The molecule has 0 radical (unpaired) electrons. The zero-order valence-electron chi connectivity index (χ0n) is 13.7. The van der Waals surface area contributed by atoms with Crippen LogP contribution < -0.4 is 15.0 Å². The molecular weight excluding hydrogens is 342 g/mol. The van der Waals surface area contributed by atoms with Crippen LogP contribution in [0.4, 0.5) is 11.6 Å². The smallest absolute Gasteiger partial charge is 0.263 e. The molecule has 0 unspecified atom stereocenters. The fraction of sp³-hybridized carbons (Fsp3) is 0.333. The van der Waals surface area contributed by atoms with E-state index in [9.17, 15) is 4.79 Å². The number of amides is 1. The maximum atomic E-state index is 11.6. The number of nitrogens with zero attached hydrogens (tertiary/aromatic N) is 2. The van der Waals surface area contributed by atoms with Gasteiger partial charge < -0.3 is 19.7 Å². The van der Waals surface area contributed by atoms with Crippen LogP contribution in [0.1, 0.15) is 18.5 Å². The molecule has 1 fully saturated rings. The summed E-state index contributed by atoms with van der Waals surface area (Å²) in [5.74, 6) is 1.59. The summed E-state index contributed by atoms with van der Waals surface area (Å²) >= 11 is 6.40. The molecule has 0 saturated carbocycles. The molecule has 1 aromatic heterocycles. The first kappa shape index (κ1) is 16.2. The Balaban J connectivity index is 1.71. The van der Waals surface area contributed by atoms with Crippen LogP contribution in [0.15, 0.2) is 36.4 Å². The minimum Gasteiger partial charge on any atom is -0.480 e. The number of pyridine rings is 1. The number of halogens is 1. The third-order valence-corrected chi connectivity index (χ3v) is 4.73. The molecule has 2 aromatic rings. The summed E-state index contributed by atoms with van der Waals surface area (Å²) in [4.78, 5) is 18.3. The Bertz CT molecular complexity index is 814. The van der Waals surface area contributed by atoms with Crippen molar-refractivity contribution >= 4 is 29.1 Å². The molecule has 3 heterocycles. The zero-order chi connectivity index (χ0) is 17.4. The first-order chi connectivity index (χ1) is 12.1. The monoisotopic (exact) mass is 359 g/mol. The molecule has 7 heteroatoms. The van der Waals surface area contributed by atoms with Gasteiger partial charge in [-0.15, -0.1) is 0 Å². The van der Waals surface area contributed by atoms with Crippen molar-refractivity contribution in [3.05, 3.63) is 47.0 Å². The fourth-order valence-corrected chi connectivity index (χ4v) is 3.43. The molecule has 1 saturated heterocycles. The van der Waals surface area contributed by atoms with Gasteiger partial charge in [0, 0.05) is 11.6 Å². The SMILES string of the molecule is C[C@H]1CN(c2ccc3c(n2)NC(=O)CO3)[C@@H](c2ccccc2Cl)CO1. The third kappa shape index (κ3) is 3.15. The number of carbonyl (C=O) groups is 1. The van der Waals surface area contributed by atoms with E-state index < -0.39 is 0 Å². The first-order valence-electron chi connectivity index (χ1n) is 8.18. The predicted octanol–water partition coefficient (Wildman–Crippen LogP) is 3.03. The number of fused-ring (bicyclic) bond motifs is 1. The molecule has 4 rings (SSSR count). The molecule has 1 N–H and O–H groups in total. The van der Waals surface area contributed by atoms with E-state index in [2.05, 4.69) is 15.2 Å². The lowest BCUT2D eigenvalue weighted by Gasteiger charge is -2.40. The van der Waals surface area contributed by atoms with Crippen molar-refractivity contribution in [3.8, 4) is 5.75 Å². The van der Waals surface area contributed by atoms with E-state index in [0.717, 1.165) is 11.4 Å². The van der Waals surface area contributed by atoms with Crippen molar-refractivity contribution in [1.82, 2.24) is 4.98 Å². The van der Waals surface area contributed by atoms with Crippen molar-refractivity contribution in [1.29, 1.82) is 0 Å². The van der Waals surface area contributed by atoms with Gasteiger partial charge in [-0.05, 0) is 30.7 Å². The number of rotatable bonds is 2. The molecule has 0 spiro atoms. The Morgan fingerprint density at radius 1 is 1.28 bits per heavy atom. The summed E-state index contributed by atoms with van der Waals surface area (Å²) < 4.78 is 11.2. The average molecular weight is 360 g/mol. The van der Waals surface area contributed by atoms with Crippen LogP contribution >= 0.6 is 11.6 Å². The molecular formula is C18H18ClN3O3. The van der Waals surface area contributed by atoms with Crippen molar-refractivity contribution in [3.63, 3.8) is 0 Å². The van der Waals surface area contributed by atoms with E-state index in [4.69, 9.17) is 21.1 Å². The Morgan fingerprint density at radius 3 is 2.96 bits per heavy atom. The van der Waals surface area contributed by atoms with Crippen molar-refractivity contribution < 1.29 is 14.3 Å². The number of hydrogen-bond acceptors (Lipinski definition) is 5. The Kier molecular flexibility index (Phi) is 4.23. The molecule has 2 atom stereocenters. The number of carbonyl (C=O) groups excluding carboxylic acids is 1. The van der Waals surface area contributed by atoms with Crippen molar-refractivity contribution in [2.45, 2.75) is 19.1 Å². The van der Waals surface area contributed by atoms with Gasteiger partial charge in [-0.3, -0.25) is 4.79 Å². The standard InChI is InChI=1S/C18H18ClN3O3/c1-11-8-22(14(9-24-11)12-4-2-3-5-13(12)19)16-7-6-15-18(20-16)21-17(23)10-25-15/h2-7,11,14H,8-10H2,1H3,(H,20,21,23)/t11-,14+/m0/s1. The fourth-order valence-electron chi connectivity index (χ4n) is 3.17. The molecule has 130 valence electrons. The summed E-state index contributed by atoms with van der Waals surface area (Å²) in [6.07, 6.45) is 0.0717. The van der Waals surface area contributed by atoms with Crippen molar-refractivity contribution in [2.75, 3.05) is 30.0 Å². The van der Waals surface area contributed by atoms with Gasteiger partial charge in [0.1, 0.15) is 5.82 Å². The molecule has 1 aromatic carbocycles. The molecule has 2 aliphatic rings. The number of morpholine rings is 1. The van der Waals surface area contributed by atoms with Gasteiger partial charge in [0.15, 0.2) is 18.2 Å². The van der Waals surface area contributed by atoms with E-state index in [1.807, 2.05) is 43.3 Å². The molecule has 6 nitrogen and oxygen atoms in total. The number of benzene rings is 1. The minimum absolute atomic E-state index is 0.0187. The van der Waals surface area contributed by atoms with Crippen LogP contribution in [-0.4, -0.2) is 36.8 Å². The average Bonchev–Trinajstić information content (AvgIpc) is 2.62. The topological polar surface area (TPSA) is 63.7 Å². The maximum absolute atomic E-state index is 11.6. The highest BCUT2D eigenvalue weighted by Crippen LogP contribution is 2.36. The highest BCUT2D eigenvalue weighted by Gasteiger charge is 2.31. The summed E-state index contributed by atoms with van der Waals surface area (Å²) in [5, 5.41) is 3.46. The van der Waals surface area contributed by atoms with Gasteiger partial charge in [0.05, 0.1) is 18.8 Å². The summed E-state index contributed by atoms with van der Waals surface area (Å²) in [5.41, 5.74) is 0.996. The third-order valence-electron chi connectivity index (χ3n) is 4.39. The predicted molar refractivity (Wildman–Crippen MR) is 95.3 cm³/mol. The second-order valence-electron chi connectivity index (χ2n) is 6.19. The molecule has 0 bridgehead atoms. The van der Waals surface area contributed by atoms with Crippen LogP contribution in [0.2, 0.25) is 5.02 Å². The maximum Gasteiger partial charge on any atom is 0.263 e. The van der Waals surface area contributed by atoms with E-state index in [0.29, 0.717) is 29.7 Å². The number of aromatic nitrogens is 1. The quantitative estimate of drug-likeness (QED) is 0.893. The van der Waals surface area contributed by atoms with Crippen LogP contribution in [0.25, 0.3) is 0 Å². The molecule has 1 amide bonds. The normalized spacial score (nSPS) is 22.8. The lowest BCUT2D eigenvalue weighted by atomic mass is 10.0. The van der Waals surface area contributed by atoms with Gasteiger partial charge in [-0.25, -0.2) is 4.98 Å². The summed E-state index contributed by atoms with van der Waals surface area (Å²) in [6.45, 7) is 3.24. The Hall–Kier alpha value is -2.31. The number of anilines is 2. The Morgan fingerprint density at radius 2 is 2.12 bits per heavy atom. The van der Waals surface area contributed by atoms with Crippen LogP contribution in [0.3, 0.4) is 0 Å². The number of ether oxygens (including phenoxy) is 2. The second-order valence-corrected chi connectivity index (χ2v) is 6.59. The second kappa shape index (κ2) is 6.54. The lowest BCUT2D eigenvalue weighted by molar-refractivity contribution is -0.118. The zero-order valence-corrected chi connectivity index (χ0v) is 14.5. The summed E-state index contributed by atoms with van der Waals surface area (Å²) in [7, 11) is 0. The van der Waals surface area contributed by atoms with Crippen LogP contribution in [0, 0.1) is 0 Å². The highest BCUT2D eigenvalue weighted by molar-refractivity contribution is 6.31. The minimum atomic E-state index is -0.199. The van der Waals surface area contributed by atoms with E-state index in [1.54, 1.807) is 0 Å². The van der Waals surface area contributed by atoms with E-state index >= 15 is 0 Å². The van der Waals surface area contributed by atoms with Gasteiger partial charge in [-0.1, -0.05) is 29.8 Å². The Labute approximate surface area is 150 Å².